The number of hydrogen-bond donors (Lipinski definition) is 1. The minimum Gasteiger partial charge on any atom is -0.480 e. The van der Waals surface area contributed by atoms with Gasteiger partial charge in [0, 0.05) is 26.7 Å². The normalized spacial score (nSPS) is 12.3. The standard InChI is InChI=1S/C19H15Cl2NO3/c1-10-17(18(23)12-3-5-13(20)6-4-12)15-8-7-14(21)9-16(15)22(10)11(2)19(24)25/h3-9,11H,1-2H3,(H,24,25). The lowest BCUT2D eigenvalue weighted by Crippen LogP contribution is -2.17. The topological polar surface area (TPSA) is 59.3 Å². The second-order valence-corrected chi connectivity index (χ2v) is 6.71. The Hall–Kier alpha value is -2.30. The molecule has 3 aromatic rings. The van der Waals surface area contributed by atoms with Gasteiger partial charge in [-0.15, -0.1) is 0 Å². The Morgan fingerprint density at radius 3 is 2.24 bits per heavy atom. The van der Waals surface area contributed by atoms with E-state index in [1.165, 1.54) is 0 Å². The van der Waals surface area contributed by atoms with Crippen LogP contribution >= 0.6 is 23.2 Å². The van der Waals surface area contributed by atoms with Crippen LogP contribution in [-0.2, 0) is 4.79 Å². The molecular weight excluding hydrogens is 361 g/mol. The first kappa shape index (κ1) is 17.5. The Morgan fingerprint density at radius 1 is 1.04 bits per heavy atom. The quantitative estimate of drug-likeness (QED) is 0.642. The van der Waals surface area contributed by atoms with Crippen LogP contribution in [0.4, 0.5) is 0 Å². The molecule has 0 aliphatic rings. The van der Waals surface area contributed by atoms with E-state index in [1.54, 1.807) is 60.9 Å². The Morgan fingerprint density at radius 2 is 1.64 bits per heavy atom. The molecule has 25 heavy (non-hydrogen) atoms. The molecule has 0 aliphatic carbocycles. The van der Waals surface area contributed by atoms with Gasteiger partial charge in [0.2, 0.25) is 0 Å². The number of fused-ring (bicyclic) bond motifs is 1. The van der Waals surface area contributed by atoms with E-state index >= 15 is 0 Å². The second-order valence-electron chi connectivity index (χ2n) is 5.84. The van der Waals surface area contributed by atoms with Crippen molar-refractivity contribution in [1.82, 2.24) is 4.57 Å². The maximum absolute atomic E-state index is 13.0. The second kappa shape index (κ2) is 6.54. The van der Waals surface area contributed by atoms with Crippen LogP contribution in [0.5, 0.6) is 0 Å². The Balaban J connectivity index is 2.28. The summed E-state index contributed by atoms with van der Waals surface area (Å²) in [6, 6.07) is 10.9. The molecule has 4 nitrogen and oxygen atoms in total. The van der Waals surface area contributed by atoms with Crippen molar-refractivity contribution < 1.29 is 14.7 Å². The highest BCUT2D eigenvalue weighted by atomic mass is 35.5. The summed E-state index contributed by atoms with van der Waals surface area (Å²) < 4.78 is 1.63. The van der Waals surface area contributed by atoms with Gasteiger partial charge in [-0.05, 0) is 50.2 Å². The van der Waals surface area contributed by atoms with Crippen molar-refractivity contribution >= 4 is 45.9 Å². The predicted octanol–water partition coefficient (Wildman–Crippen LogP) is 5.13. The molecule has 6 heteroatoms. The molecular formula is C19H15Cl2NO3. The number of ketones is 1. The fourth-order valence-electron chi connectivity index (χ4n) is 3.05. The lowest BCUT2D eigenvalue weighted by molar-refractivity contribution is -0.140. The van der Waals surface area contributed by atoms with Crippen LogP contribution in [0.15, 0.2) is 42.5 Å². The van der Waals surface area contributed by atoms with E-state index in [9.17, 15) is 14.7 Å². The molecule has 0 saturated carbocycles. The van der Waals surface area contributed by atoms with Gasteiger partial charge in [0.05, 0.1) is 11.1 Å². The number of carboxylic acids is 1. The van der Waals surface area contributed by atoms with E-state index in [0.717, 1.165) is 0 Å². The summed E-state index contributed by atoms with van der Waals surface area (Å²) in [6.45, 7) is 3.32. The molecule has 1 atom stereocenters. The molecule has 0 radical (unpaired) electrons. The van der Waals surface area contributed by atoms with Gasteiger partial charge in [-0.25, -0.2) is 4.79 Å². The number of aromatic nitrogens is 1. The predicted molar refractivity (Wildman–Crippen MR) is 98.9 cm³/mol. The number of nitrogens with zero attached hydrogens (tertiary/aromatic N) is 1. The first-order valence-electron chi connectivity index (χ1n) is 7.64. The van der Waals surface area contributed by atoms with Gasteiger partial charge in [0.15, 0.2) is 5.78 Å². The third-order valence-electron chi connectivity index (χ3n) is 4.29. The molecule has 1 unspecified atom stereocenters. The minimum atomic E-state index is -0.981. The molecule has 0 bridgehead atoms. The lowest BCUT2D eigenvalue weighted by atomic mass is 10.0. The van der Waals surface area contributed by atoms with Crippen molar-refractivity contribution in [2.24, 2.45) is 0 Å². The maximum atomic E-state index is 13.0. The van der Waals surface area contributed by atoms with Gasteiger partial charge < -0.3 is 9.67 Å². The zero-order valence-electron chi connectivity index (χ0n) is 13.6. The molecule has 0 saturated heterocycles. The van der Waals surface area contributed by atoms with E-state index in [-0.39, 0.29) is 5.78 Å². The van der Waals surface area contributed by atoms with E-state index in [4.69, 9.17) is 23.2 Å². The molecule has 1 N–H and O–H groups in total. The molecule has 3 rings (SSSR count). The van der Waals surface area contributed by atoms with Crippen LogP contribution in [0.2, 0.25) is 10.0 Å². The smallest absolute Gasteiger partial charge is 0.326 e. The van der Waals surface area contributed by atoms with Gasteiger partial charge in [0.1, 0.15) is 6.04 Å². The van der Waals surface area contributed by atoms with Crippen molar-refractivity contribution in [2.45, 2.75) is 19.9 Å². The summed E-state index contributed by atoms with van der Waals surface area (Å²) in [4.78, 5) is 24.6. The third kappa shape index (κ3) is 3.03. The van der Waals surface area contributed by atoms with Crippen LogP contribution in [0.3, 0.4) is 0 Å². The van der Waals surface area contributed by atoms with Gasteiger partial charge in [-0.2, -0.15) is 0 Å². The van der Waals surface area contributed by atoms with Crippen LogP contribution < -0.4 is 0 Å². The largest absolute Gasteiger partial charge is 0.480 e. The number of carbonyl (C=O) groups excluding carboxylic acids is 1. The minimum absolute atomic E-state index is 0.183. The Kier molecular flexibility index (Phi) is 4.58. The number of benzene rings is 2. The lowest BCUT2D eigenvalue weighted by Gasteiger charge is -2.13. The number of hydrogen-bond acceptors (Lipinski definition) is 2. The molecule has 2 aromatic carbocycles. The van der Waals surface area contributed by atoms with Gasteiger partial charge >= 0.3 is 5.97 Å². The zero-order valence-corrected chi connectivity index (χ0v) is 15.1. The number of aliphatic carboxylic acids is 1. The van der Waals surface area contributed by atoms with Gasteiger partial charge in [-0.3, -0.25) is 4.79 Å². The number of rotatable bonds is 4. The molecule has 0 amide bonds. The van der Waals surface area contributed by atoms with Crippen molar-refractivity contribution in [3.8, 4) is 0 Å². The first-order valence-corrected chi connectivity index (χ1v) is 8.40. The maximum Gasteiger partial charge on any atom is 0.326 e. The summed E-state index contributed by atoms with van der Waals surface area (Å²) in [6.07, 6.45) is 0. The van der Waals surface area contributed by atoms with Crippen LogP contribution in [-0.4, -0.2) is 21.4 Å². The SMILES string of the molecule is Cc1c(C(=O)c2ccc(Cl)cc2)c2ccc(Cl)cc2n1C(C)C(=O)O. The fraction of sp³-hybridized carbons (Fsp3) is 0.158. The highest BCUT2D eigenvalue weighted by molar-refractivity contribution is 6.32. The average molecular weight is 376 g/mol. The highest BCUT2D eigenvalue weighted by Crippen LogP contribution is 2.33. The van der Waals surface area contributed by atoms with E-state index in [0.29, 0.717) is 37.8 Å². The molecule has 128 valence electrons. The molecule has 1 aromatic heterocycles. The van der Waals surface area contributed by atoms with Crippen molar-refractivity contribution in [3.63, 3.8) is 0 Å². The Bertz CT molecular complexity index is 990. The molecule has 0 fully saturated rings. The van der Waals surface area contributed by atoms with Crippen LogP contribution in [0.1, 0.15) is 34.6 Å². The number of carbonyl (C=O) groups is 2. The summed E-state index contributed by atoms with van der Waals surface area (Å²) >= 11 is 12.0. The summed E-state index contributed by atoms with van der Waals surface area (Å²) in [5.41, 5.74) is 2.18. The Labute approximate surface area is 154 Å². The van der Waals surface area contributed by atoms with E-state index in [1.807, 2.05) is 0 Å². The summed E-state index contributed by atoms with van der Waals surface area (Å²) in [7, 11) is 0. The average Bonchev–Trinajstić information content (AvgIpc) is 2.85. The van der Waals surface area contributed by atoms with E-state index < -0.39 is 12.0 Å². The first-order chi connectivity index (χ1) is 11.8. The fourth-order valence-corrected chi connectivity index (χ4v) is 3.35. The molecule has 1 heterocycles. The summed E-state index contributed by atoms with van der Waals surface area (Å²) in [5, 5.41) is 11.1. The van der Waals surface area contributed by atoms with Crippen LogP contribution in [0.25, 0.3) is 10.9 Å². The molecule has 0 spiro atoms. The van der Waals surface area contributed by atoms with Crippen molar-refractivity contribution in [1.29, 1.82) is 0 Å². The monoisotopic (exact) mass is 375 g/mol. The summed E-state index contributed by atoms with van der Waals surface area (Å²) in [5.74, 6) is -1.16. The van der Waals surface area contributed by atoms with Crippen LogP contribution in [0, 0.1) is 6.92 Å². The van der Waals surface area contributed by atoms with Crippen molar-refractivity contribution in [3.05, 3.63) is 69.3 Å². The molecule has 0 aliphatic heterocycles. The van der Waals surface area contributed by atoms with Crippen molar-refractivity contribution in [2.75, 3.05) is 0 Å². The van der Waals surface area contributed by atoms with Gasteiger partial charge in [-0.1, -0.05) is 29.3 Å². The third-order valence-corrected chi connectivity index (χ3v) is 4.78. The zero-order chi connectivity index (χ0) is 18.3. The number of carboxylic acid groups (broad SMARTS) is 1. The van der Waals surface area contributed by atoms with Gasteiger partial charge in [0.25, 0.3) is 0 Å². The van der Waals surface area contributed by atoms with E-state index in [2.05, 4.69) is 0 Å². The number of halogens is 2. The highest BCUT2D eigenvalue weighted by Gasteiger charge is 2.26.